The Morgan fingerprint density at radius 2 is 1.35 bits per heavy atom. The van der Waals surface area contributed by atoms with Crippen molar-refractivity contribution in [2.24, 2.45) is 11.6 Å². The van der Waals surface area contributed by atoms with Gasteiger partial charge in [0.05, 0.1) is 6.04 Å². The van der Waals surface area contributed by atoms with Gasteiger partial charge in [0.2, 0.25) is 0 Å². The van der Waals surface area contributed by atoms with Gasteiger partial charge in [-0.2, -0.15) is 5.90 Å². The smallest absolute Gasteiger partial charge is 0.163 e. The summed E-state index contributed by atoms with van der Waals surface area (Å²) in [6, 6.07) is 28.6. The first-order chi connectivity index (χ1) is 20.8. The van der Waals surface area contributed by atoms with E-state index in [0.29, 0.717) is 17.1 Å². The van der Waals surface area contributed by atoms with Crippen LogP contribution in [-0.2, 0) is 4.84 Å². The first-order valence-corrected chi connectivity index (χ1v) is 14.4. The molecule has 2 aliphatic carbocycles. The third-order valence-electron chi connectivity index (χ3n) is 8.90. The van der Waals surface area contributed by atoms with E-state index < -0.39 is 0 Å². The maximum absolute atomic E-state index is 6.94. The van der Waals surface area contributed by atoms with Crippen molar-refractivity contribution < 1.29 is 4.84 Å². The average Bonchev–Trinajstić information content (AvgIpc) is 2.99. The van der Waals surface area contributed by atoms with Crippen LogP contribution in [0.15, 0.2) is 107 Å². The molecule has 5 aromatic carbocycles. The number of nitrogens with zero attached hydrogens (tertiary/aromatic N) is 1. The van der Waals surface area contributed by atoms with Crippen molar-refractivity contribution in [1.29, 1.82) is 0 Å². The fourth-order valence-corrected chi connectivity index (χ4v) is 7.09. The number of nitrogens with two attached hydrogens (primary N) is 4. The number of hydrogen-bond donors (Lipinski definition) is 4. The largest absolute Gasteiger partial charge is 0.410 e. The number of benzene rings is 5. The molecule has 8 N–H and O–H groups in total. The highest BCUT2D eigenvalue weighted by molar-refractivity contribution is 6.24. The van der Waals surface area contributed by atoms with Gasteiger partial charge in [0, 0.05) is 69.8 Å². The Labute approximate surface area is 251 Å². The number of allylic oxidation sites excluding steroid dienone is 3. The van der Waals surface area contributed by atoms with Crippen LogP contribution in [0.4, 0.5) is 17.1 Å². The lowest BCUT2D eigenvalue weighted by atomic mass is 9.68. The minimum absolute atomic E-state index is 0.260. The zero-order chi connectivity index (χ0) is 30.2. The zero-order valence-corrected chi connectivity index (χ0v) is 24.8. The predicted octanol–water partition coefficient (Wildman–Crippen LogP) is 7.04. The van der Waals surface area contributed by atoms with Gasteiger partial charge in [0.15, 0.2) is 5.76 Å². The van der Waals surface area contributed by atoms with Crippen molar-refractivity contribution in [2.75, 3.05) is 30.5 Å². The van der Waals surface area contributed by atoms with Crippen LogP contribution in [0.3, 0.4) is 0 Å². The number of fused-ring (bicyclic) bond motifs is 4. The van der Waals surface area contributed by atoms with E-state index in [1.807, 2.05) is 36.4 Å². The molecule has 5 aromatic rings. The van der Waals surface area contributed by atoms with Crippen molar-refractivity contribution in [1.82, 2.24) is 0 Å². The second kappa shape index (κ2) is 9.76. The first kappa shape index (κ1) is 26.8. The molecule has 0 amide bonds. The van der Waals surface area contributed by atoms with Gasteiger partial charge in [-0.25, -0.2) is 0 Å². The van der Waals surface area contributed by atoms with E-state index in [1.54, 1.807) is 0 Å². The second-order valence-electron chi connectivity index (χ2n) is 11.8. The molecular weight excluding hydrogens is 530 g/mol. The lowest BCUT2D eigenvalue weighted by Crippen LogP contribution is -2.26. The minimum atomic E-state index is -0.260. The number of nitrogen functional groups attached to an aromatic ring is 2. The summed E-state index contributed by atoms with van der Waals surface area (Å²) in [5, 5.41) is 3.76. The van der Waals surface area contributed by atoms with Crippen molar-refractivity contribution in [3.63, 3.8) is 0 Å². The van der Waals surface area contributed by atoms with Crippen LogP contribution in [0.25, 0.3) is 32.7 Å². The summed E-state index contributed by atoms with van der Waals surface area (Å²) in [5.41, 5.74) is 33.2. The maximum atomic E-state index is 6.94. The van der Waals surface area contributed by atoms with Gasteiger partial charge in [0.1, 0.15) is 0 Å². The predicted molar refractivity (Wildman–Crippen MR) is 180 cm³/mol. The Hall–Kier alpha value is -5.04. The van der Waals surface area contributed by atoms with E-state index in [9.17, 15) is 0 Å². The van der Waals surface area contributed by atoms with Gasteiger partial charge >= 0.3 is 0 Å². The van der Waals surface area contributed by atoms with Gasteiger partial charge in [-0.05, 0) is 59.0 Å². The molecular formula is C37H35N5O. The van der Waals surface area contributed by atoms with Crippen LogP contribution < -0.4 is 28.0 Å². The van der Waals surface area contributed by atoms with E-state index in [2.05, 4.69) is 81.4 Å². The first-order valence-electron chi connectivity index (χ1n) is 14.4. The SMILES string of the molecule is CC(C)=C1C(c2c3ccccc3c(N)c3c(N)cccc23)=C(ON)/C1=C1\c2ccccc2C(N)c2cccc(N(C)C)c21. The molecule has 214 valence electrons. The van der Waals surface area contributed by atoms with Crippen molar-refractivity contribution >= 4 is 49.8 Å². The van der Waals surface area contributed by atoms with Crippen LogP contribution in [-0.4, -0.2) is 14.1 Å². The van der Waals surface area contributed by atoms with Gasteiger partial charge in [0.25, 0.3) is 0 Å². The van der Waals surface area contributed by atoms with Gasteiger partial charge in [-0.1, -0.05) is 78.4 Å². The van der Waals surface area contributed by atoms with Crippen molar-refractivity contribution in [3.05, 3.63) is 135 Å². The van der Waals surface area contributed by atoms with Crippen LogP contribution in [0, 0.1) is 0 Å². The van der Waals surface area contributed by atoms with Crippen molar-refractivity contribution in [2.45, 2.75) is 19.9 Å². The third-order valence-corrected chi connectivity index (χ3v) is 8.90. The highest BCUT2D eigenvalue weighted by atomic mass is 16.6. The van der Waals surface area contributed by atoms with Crippen LogP contribution >= 0.6 is 0 Å². The molecule has 0 spiro atoms. The Kier molecular flexibility index (Phi) is 6.09. The molecule has 43 heavy (non-hydrogen) atoms. The molecule has 0 aromatic heterocycles. The molecule has 6 nitrogen and oxygen atoms in total. The molecule has 1 atom stereocenters. The summed E-state index contributed by atoms with van der Waals surface area (Å²) in [4.78, 5) is 8.03. The van der Waals surface area contributed by atoms with E-state index in [4.69, 9.17) is 27.9 Å². The number of rotatable bonds is 3. The zero-order valence-electron chi connectivity index (χ0n) is 24.8. The monoisotopic (exact) mass is 565 g/mol. The Balaban J connectivity index is 1.68. The van der Waals surface area contributed by atoms with Crippen LogP contribution in [0.1, 0.15) is 47.7 Å². The Morgan fingerprint density at radius 3 is 2.07 bits per heavy atom. The van der Waals surface area contributed by atoms with E-state index in [-0.39, 0.29) is 6.04 Å². The van der Waals surface area contributed by atoms with Gasteiger partial charge in [-0.3, -0.25) is 0 Å². The molecule has 0 fully saturated rings. The minimum Gasteiger partial charge on any atom is -0.410 e. The Bertz CT molecular complexity index is 2100. The lowest BCUT2D eigenvalue weighted by molar-refractivity contribution is 0.228. The molecule has 0 radical (unpaired) electrons. The van der Waals surface area contributed by atoms with E-state index >= 15 is 0 Å². The standard InChI is InChI=1S/C37H35N5O/c1-19(2)28-33(29-20-11-5-8-14-23(20)36(40)30-24(29)15-9-17-26(30)38)37(43-41)34(28)32-21-12-6-7-13-22(21)35(39)25-16-10-18-27(31(25)32)42(3)4/h5-18,35H,38-41H2,1-4H3/b34-32+. The lowest BCUT2D eigenvalue weighted by Gasteiger charge is -2.38. The summed E-state index contributed by atoms with van der Waals surface area (Å²) >= 11 is 0. The van der Waals surface area contributed by atoms with Gasteiger partial charge in [-0.15, -0.1) is 0 Å². The highest BCUT2D eigenvalue weighted by Gasteiger charge is 2.41. The van der Waals surface area contributed by atoms with E-state index in [0.717, 1.165) is 82.9 Å². The molecule has 0 aliphatic heterocycles. The normalized spacial score (nSPS) is 17.5. The Morgan fingerprint density at radius 1 is 0.698 bits per heavy atom. The quantitative estimate of drug-likeness (QED) is 0.106. The van der Waals surface area contributed by atoms with Crippen LogP contribution in [0.2, 0.25) is 0 Å². The van der Waals surface area contributed by atoms with Crippen LogP contribution in [0.5, 0.6) is 0 Å². The molecule has 1 unspecified atom stereocenters. The fraction of sp³-hybridized carbons (Fsp3) is 0.135. The topological polar surface area (TPSA) is 117 Å². The maximum Gasteiger partial charge on any atom is 0.163 e. The summed E-state index contributed by atoms with van der Waals surface area (Å²) in [6.07, 6.45) is 0. The average molecular weight is 566 g/mol. The summed E-state index contributed by atoms with van der Waals surface area (Å²) in [6.45, 7) is 4.27. The molecule has 6 heteroatoms. The van der Waals surface area contributed by atoms with Gasteiger partial charge < -0.3 is 26.9 Å². The molecule has 0 heterocycles. The third kappa shape index (κ3) is 3.67. The summed E-state index contributed by atoms with van der Waals surface area (Å²) < 4.78 is 0. The second-order valence-corrected chi connectivity index (χ2v) is 11.8. The van der Waals surface area contributed by atoms with Crippen molar-refractivity contribution in [3.8, 4) is 0 Å². The number of anilines is 3. The molecule has 7 rings (SSSR count). The number of hydrogen-bond acceptors (Lipinski definition) is 6. The molecule has 0 saturated heterocycles. The summed E-state index contributed by atoms with van der Waals surface area (Å²) in [5.74, 6) is 6.87. The molecule has 2 aliphatic rings. The highest BCUT2D eigenvalue weighted by Crippen LogP contribution is 2.58. The van der Waals surface area contributed by atoms with E-state index in [1.165, 1.54) is 0 Å². The fourth-order valence-electron chi connectivity index (χ4n) is 7.09. The summed E-state index contributed by atoms with van der Waals surface area (Å²) in [7, 11) is 4.12. The molecule has 0 saturated carbocycles. The molecule has 0 bridgehead atoms.